The molecule has 84 valence electrons. The summed E-state index contributed by atoms with van der Waals surface area (Å²) >= 11 is 0. The lowest BCUT2D eigenvalue weighted by molar-refractivity contribution is 0.0652. The van der Waals surface area contributed by atoms with Crippen molar-refractivity contribution < 1.29 is 4.79 Å². The highest BCUT2D eigenvalue weighted by Crippen LogP contribution is 2.16. The molecule has 0 aliphatic carbocycles. The van der Waals surface area contributed by atoms with Gasteiger partial charge in [-0.15, -0.1) is 18.8 Å². The van der Waals surface area contributed by atoms with Crippen molar-refractivity contribution >= 4 is 18.3 Å². The first kappa shape index (κ1) is 12.6. The van der Waals surface area contributed by atoms with Crippen LogP contribution in [-0.4, -0.2) is 24.0 Å². The Balaban J connectivity index is 0.00000128. The number of carbonyl (C=O) groups excluding carboxylic acids is 1. The highest BCUT2D eigenvalue weighted by molar-refractivity contribution is 5.96. The molecule has 1 aliphatic rings. The van der Waals surface area contributed by atoms with Gasteiger partial charge in [0.05, 0.1) is 6.54 Å². The van der Waals surface area contributed by atoms with Gasteiger partial charge in [-0.05, 0) is 18.1 Å². The number of benzene rings is 1. The highest BCUT2D eigenvalue weighted by atomic mass is 35.5. The van der Waals surface area contributed by atoms with Crippen molar-refractivity contribution in [1.82, 2.24) is 10.4 Å². The number of hydrogen-bond acceptors (Lipinski definition) is 2. The molecule has 0 aromatic heterocycles. The number of terminal acetylenes is 1. The fourth-order valence-corrected chi connectivity index (χ4v) is 1.72. The van der Waals surface area contributed by atoms with Gasteiger partial charge in [-0.3, -0.25) is 9.80 Å². The normalized spacial score (nSPS) is 13.7. The summed E-state index contributed by atoms with van der Waals surface area (Å²) in [6, 6.07) is 7.67. The SMILES string of the molecule is C#CCNN1CCc2ccccc2C1=O.Cl. The Hall–Kier alpha value is -1.50. The maximum atomic E-state index is 11.9. The minimum Gasteiger partial charge on any atom is -0.273 e. The van der Waals surface area contributed by atoms with Crippen LogP contribution in [-0.2, 0) is 6.42 Å². The number of fused-ring (bicyclic) bond motifs is 1. The number of hydrogen-bond donors (Lipinski definition) is 1. The van der Waals surface area contributed by atoms with Crippen LogP contribution >= 0.6 is 12.4 Å². The third-order valence-corrected chi connectivity index (χ3v) is 2.47. The first-order chi connectivity index (χ1) is 7.33. The van der Waals surface area contributed by atoms with Gasteiger partial charge < -0.3 is 0 Å². The maximum absolute atomic E-state index is 11.9. The van der Waals surface area contributed by atoms with Crippen LogP contribution in [0.1, 0.15) is 15.9 Å². The third kappa shape index (κ3) is 2.35. The van der Waals surface area contributed by atoms with Gasteiger partial charge in [0.25, 0.3) is 5.91 Å². The molecule has 4 heteroatoms. The molecule has 0 bridgehead atoms. The number of halogens is 1. The van der Waals surface area contributed by atoms with Crippen molar-refractivity contribution in [3.05, 3.63) is 35.4 Å². The molecule has 2 rings (SSSR count). The van der Waals surface area contributed by atoms with E-state index in [2.05, 4.69) is 11.3 Å². The van der Waals surface area contributed by atoms with E-state index in [9.17, 15) is 4.79 Å². The summed E-state index contributed by atoms with van der Waals surface area (Å²) in [5, 5.41) is 1.59. The van der Waals surface area contributed by atoms with Crippen molar-refractivity contribution in [2.24, 2.45) is 0 Å². The molecule has 1 amide bonds. The average molecular weight is 237 g/mol. The van der Waals surface area contributed by atoms with Crippen LogP contribution in [0, 0.1) is 12.3 Å². The number of rotatable bonds is 2. The minimum absolute atomic E-state index is 0. The van der Waals surface area contributed by atoms with E-state index >= 15 is 0 Å². The summed E-state index contributed by atoms with van der Waals surface area (Å²) in [5.41, 5.74) is 4.79. The molecule has 1 aromatic rings. The van der Waals surface area contributed by atoms with Crippen LogP contribution in [0.3, 0.4) is 0 Å². The summed E-state index contributed by atoms with van der Waals surface area (Å²) in [6.07, 6.45) is 6.01. The summed E-state index contributed by atoms with van der Waals surface area (Å²) in [7, 11) is 0. The number of amides is 1. The van der Waals surface area contributed by atoms with Gasteiger partial charge in [-0.25, -0.2) is 5.43 Å². The van der Waals surface area contributed by atoms with Crippen LogP contribution in [0.15, 0.2) is 24.3 Å². The zero-order valence-corrected chi connectivity index (χ0v) is 9.59. The fraction of sp³-hybridized carbons (Fsp3) is 0.250. The molecular weight excluding hydrogens is 224 g/mol. The number of nitrogens with one attached hydrogen (secondary N) is 1. The van der Waals surface area contributed by atoms with Crippen molar-refractivity contribution in [1.29, 1.82) is 0 Å². The second kappa shape index (κ2) is 5.55. The molecule has 1 aromatic carbocycles. The first-order valence-electron chi connectivity index (χ1n) is 4.89. The zero-order chi connectivity index (χ0) is 10.7. The van der Waals surface area contributed by atoms with Crippen LogP contribution in [0.4, 0.5) is 0 Å². The molecule has 0 unspecified atom stereocenters. The fourth-order valence-electron chi connectivity index (χ4n) is 1.72. The smallest absolute Gasteiger partial charge is 0.268 e. The molecule has 0 fully saturated rings. The minimum atomic E-state index is 0. The molecule has 0 saturated heterocycles. The Morgan fingerprint density at radius 3 is 2.94 bits per heavy atom. The van der Waals surface area contributed by atoms with Crippen LogP contribution < -0.4 is 5.43 Å². The van der Waals surface area contributed by atoms with Crippen LogP contribution in [0.2, 0.25) is 0 Å². The van der Waals surface area contributed by atoms with E-state index in [4.69, 9.17) is 6.42 Å². The zero-order valence-electron chi connectivity index (χ0n) is 8.77. The molecule has 0 saturated carbocycles. The first-order valence-corrected chi connectivity index (χ1v) is 4.89. The summed E-state index contributed by atoms with van der Waals surface area (Å²) in [4.78, 5) is 11.9. The standard InChI is InChI=1S/C12H12N2O.ClH/c1-2-8-13-14-9-7-10-5-3-4-6-11(10)12(14)15;/h1,3-6,13H,7-9H2;1H. The topological polar surface area (TPSA) is 32.3 Å². The lowest BCUT2D eigenvalue weighted by Crippen LogP contribution is -2.47. The van der Waals surface area contributed by atoms with E-state index in [1.807, 2.05) is 24.3 Å². The third-order valence-electron chi connectivity index (χ3n) is 2.47. The monoisotopic (exact) mass is 236 g/mol. The second-order valence-corrected chi connectivity index (χ2v) is 3.40. The summed E-state index contributed by atoms with van der Waals surface area (Å²) < 4.78 is 0. The van der Waals surface area contributed by atoms with E-state index in [1.54, 1.807) is 5.01 Å². The largest absolute Gasteiger partial charge is 0.273 e. The molecule has 16 heavy (non-hydrogen) atoms. The Bertz CT molecular complexity index is 425. The molecule has 0 atom stereocenters. The van der Waals surface area contributed by atoms with Crippen LogP contribution in [0.25, 0.3) is 0 Å². The van der Waals surface area contributed by atoms with Gasteiger partial charge in [0, 0.05) is 12.1 Å². The molecule has 0 radical (unpaired) electrons. The van der Waals surface area contributed by atoms with Gasteiger partial charge in [0.15, 0.2) is 0 Å². The second-order valence-electron chi connectivity index (χ2n) is 3.40. The molecule has 1 heterocycles. The number of nitrogens with zero attached hydrogens (tertiary/aromatic N) is 1. The predicted molar refractivity (Wildman–Crippen MR) is 65.3 cm³/mol. The van der Waals surface area contributed by atoms with E-state index in [0.29, 0.717) is 13.1 Å². The predicted octanol–water partition coefficient (Wildman–Crippen LogP) is 1.24. The lowest BCUT2D eigenvalue weighted by Gasteiger charge is -2.28. The molecule has 3 nitrogen and oxygen atoms in total. The lowest BCUT2D eigenvalue weighted by atomic mass is 10.0. The van der Waals surface area contributed by atoms with Crippen molar-refractivity contribution in [3.8, 4) is 12.3 Å². The van der Waals surface area contributed by atoms with E-state index in [-0.39, 0.29) is 18.3 Å². The van der Waals surface area contributed by atoms with Crippen molar-refractivity contribution in [2.45, 2.75) is 6.42 Å². The van der Waals surface area contributed by atoms with E-state index < -0.39 is 0 Å². The molecule has 1 N–H and O–H groups in total. The van der Waals surface area contributed by atoms with Gasteiger partial charge in [0.1, 0.15) is 0 Å². The van der Waals surface area contributed by atoms with Gasteiger partial charge in [0.2, 0.25) is 0 Å². The Morgan fingerprint density at radius 1 is 1.44 bits per heavy atom. The average Bonchev–Trinajstić information content (AvgIpc) is 2.29. The molecule has 0 spiro atoms. The number of hydrazine groups is 1. The maximum Gasteiger partial charge on any atom is 0.268 e. The van der Waals surface area contributed by atoms with E-state index in [1.165, 1.54) is 0 Å². The Kier molecular flexibility index (Phi) is 4.36. The van der Waals surface area contributed by atoms with Crippen LogP contribution in [0.5, 0.6) is 0 Å². The van der Waals surface area contributed by atoms with Gasteiger partial charge >= 0.3 is 0 Å². The molecular formula is C12H13ClN2O. The summed E-state index contributed by atoms with van der Waals surface area (Å²) in [6.45, 7) is 1.06. The van der Waals surface area contributed by atoms with Gasteiger partial charge in [-0.2, -0.15) is 0 Å². The van der Waals surface area contributed by atoms with Crippen molar-refractivity contribution in [3.63, 3.8) is 0 Å². The van der Waals surface area contributed by atoms with Crippen molar-refractivity contribution in [2.75, 3.05) is 13.1 Å². The number of carbonyl (C=O) groups is 1. The van der Waals surface area contributed by atoms with E-state index in [0.717, 1.165) is 17.5 Å². The highest BCUT2D eigenvalue weighted by Gasteiger charge is 2.22. The molecule has 1 aliphatic heterocycles. The summed E-state index contributed by atoms with van der Waals surface area (Å²) in [5.74, 6) is 2.46. The Morgan fingerprint density at radius 2 is 2.19 bits per heavy atom. The van der Waals surface area contributed by atoms with Gasteiger partial charge in [-0.1, -0.05) is 24.1 Å². The quantitative estimate of drug-likeness (QED) is 0.784. The Labute approximate surface area is 101 Å².